The second-order valence-electron chi connectivity index (χ2n) is 5.42. The van der Waals surface area contributed by atoms with Gasteiger partial charge in [0.1, 0.15) is 0 Å². The molecule has 3 rings (SSSR count). The standard InChI is InChI=1S/C15H20BrNO/c16-12-4-1-3-11(9-12)15(10-17-13-7-8-13)18-14-5-2-6-14/h1,3-4,9,13-15,17H,2,5-8,10H2. The first-order chi connectivity index (χ1) is 8.81. The molecule has 0 bridgehead atoms. The van der Waals surface area contributed by atoms with Crippen molar-refractivity contribution in [1.29, 1.82) is 0 Å². The maximum atomic E-state index is 6.22. The number of nitrogens with one attached hydrogen (secondary N) is 1. The van der Waals surface area contributed by atoms with E-state index in [1.807, 2.05) is 0 Å². The molecular weight excluding hydrogens is 290 g/mol. The minimum atomic E-state index is 0.202. The van der Waals surface area contributed by atoms with Crippen molar-refractivity contribution < 1.29 is 4.74 Å². The lowest BCUT2D eigenvalue weighted by molar-refractivity contribution is -0.0521. The van der Waals surface area contributed by atoms with E-state index in [1.165, 1.54) is 37.7 Å². The van der Waals surface area contributed by atoms with Crippen LogP contribution in [0.1, 0.15) is 43.8 Å². The summed E-state index contributed by atoms with van der Waals surface area (Å²) in [5.41, 5.74) is 1.28. The molecule has 2 saturated carbocycles. The highest BCUT2D eigenvalue weighted by Gasteiger charge is 2.26. The van der Waals surface area contributed by atoms with Gasteiger partial charge in [0, 0.05) is 17.1 Å². The van der Waals surface area contributed by atoms with E-state index in [2.05, 4.69) is 45.5 Å². The van der Waals surface area contributed by atoms with Gasteiger partial charge in [-0.05, 0) is 49.8 Å². The molecule has 1 unspecified atom stereocenters. The average molecular weight is 310 g/mol. The van der Waals surface area contributed by atoms with Gasteiger partial charge in [0.2, 0.25) is 0 Å². The van der Waals surface area contributed by atoms with Gasteiger partial charge in [0.05, 0.1) is 12.2 Å². The van der Waals surface area contributed by atoms with Crippen LogP contribution in [0, 0.1) is 0 Å². The van der Waals surface area contributed by atoms with E-state index in [9.17, 15) is 0 Å². The Morgan fingerprint density at radius 2 is 2.11 bits per heavy atom. The summed E-state index contributed by atoms with van der Waals surface area (Å²) >= 11 is 3.54. The SMILES string of the molecule is Brc1cccc(C(CNC2CC2)OC2CCC2)c1. The Morgan fingerprint density at radius 1 is 1.28 bits per heavy atom. The van der Waals surface area contributed by atoms with E-state index >= 15 is 0 Å². The molecule has 2 aliphatic carbocycles. The predicted octanol–water partition coefficient (Wildman–Crippen LogP) is 3.81. The van der Waals surface area contributed by atoms with Crippen LogP contribution in [-0.4, -0.2) is 18.7 Å². The van der Waals surface area contributed by atoms with Gasteiger partial charge in [0.25, 0.3) is 0 Å². The minimum absolute atomic E-state index is 0.202. The second kappa shape index (κ2) is 5.72. The lowest BCUT2D eigenvalue weighted by Gasteiger charge is -2.31. The molecule has 1 aromatic carbocycles. The number of rotatable bonds is 6. The summed E-state index contributed by atoms with van der Waals surface area (Å²) < 4.78 is 7.36. The fourth-order valence-corrected chi connectivity index (χ4v) is 2.67. The highest BCUT2D eigenvalue weighted by Crippen LogP contribution is 2.30. The summed E-state index contributed by atoms with van der Waals surface area (Å²) in [7, 11) is 0. The zero-order valence-electron chi connectivity index (χ0n) is 10.6. The monoisotopic (exact) mass is 309 g/mol. The third-order valence-electron chi connectivity index (χ3n) is 3.80. The third kappa shape index (κ3) is 3.34. The predicted molar refractivity (Wildman–Crippen MR) is 76.6 cm³/mol. The Morgan fingerprint density at radius 3 is 2.72 bits per heavy atom. The Bertz CT molecular complexity index is 401. The molecule has 1 aromatic rings. The van der Waals surface area contributed by atoms with Gasteiger partial charge < -0.3 is 10.1 Å². The molecule has 0 aromatic heterocycles. The van der Waals surface area contributed by atoms with E-state index in [-0.39, 0.29) is 6.10 Å². The molecule has 2 nitrogen and oxygen atoms in total. The summed E-state index contributed by atoms with van der Waals surface area (Å²) in [6.45, 7) is 0.942. The van der Waals surface area contributed by atoms with E-state index in [4.69, 9.17) is 4.74 Å². The quantitative estimate of drug-likeness (QED) is 0.862. The van der Waals surface area contributed by atoms with Crippen LogP contribution in [0.5, 0.6) is 0 Å². The van der Waals surface area contributed by atoms with Crippen molar-refractivity contribution in [2.24, 2.45) is 0 Å². The molecule has 2 aliphatic rings. The van der Waals surface area contributed by atoms with Crippen molar-refractivity contribution in [3.05, 3.63) is 34.3 Å². The number of hydrogen-bond donors (Lipinski definition) is 1. The fourth-order valence-electron chi connectivity index (χ4n) is 2.25. The molecule has 0 amide bonds. The van der Waals surface area contributed by atoms with Crippen molar-refractivity contribution in [2.45, 2.75) is 50.4 Å². The number of halogens is 1. The smallest absolute Gasteiger partial charge is 0.0953 e. The van der Waals surface area contributed by atoms with Crippen LogP contribution in [-0.2, 0) is 4.74 Å². The lowest BCUT2D eigenvalue weighted by atomic mass is 9.95. The molecule has 1 N–H and O–H groups in total. The summed E-state index contributed by atoms with van der Waals surface area (Å²) in [5, 5.41) is 3.59. The van der Waals surface area contributed by atoms with Crippen LogP contribution in [0.15, 0.2) is 28.7 Å². The van der Waals surface area contributed by atoms with Gasteiger partial charge in [-0.3, -0.25) is 0 Å². The zero-order chi connectivity index (χ0) is 12.4. The van der Waals surface area contributed by atoms with E-state index in [0.29, 0.717) is 6.10 Å². The van der Waals surface area contributed by atoms with Crippen molar-refractivity contribution in [1.82, 2.24) is 5.32 Å². The topological polar surface area (TPSA) is 21.3 Å². The Kier molecular flexibility index (Phi) is 4.02. The molecule has 3 heteroatoms. The summed E-state index contributed by atoms with van der Waals surface area (Å²) in [4.78, 5) is 0. The van der Waals surface area contributed by atoms with Crippen LogP contribution in [0.25, 0.3) is 0 Å². The molecule has 98 valence electrons. The van der Waals surface area contributed by atoms with Crippen molar-refractivity contribution >= 4 is 15.9 Å². The zero-order valence-corrected chi connectivity index (χ0v) is 12.2. The largest absolute Gasteiger partial charge is 0.369 e. The number of ether oxygens (including phenoxy) is 1. The van der Waals surface area contributed by atoms with Crippen LogP contribution in [0.2, 0.25) is 0 Å². The van der Waals surface area contributed by atoms with Gasteiger partial charge >= 0.3 is 0 Å². The first-order valence-electron chi connectivity index (χ1n) is 6.95. The van der Waals surface area contributed by atoms with Gasteiger partial charge in [-0.15, -0.1) is 0 Å². The Balaban J connectivity index is 1.65. The Hall–Kier alpha value is -0.380. The summed E-state index contributed by atoms with van der Waals surface area (Å²) in [6.07, 6.45) is 7.13. The number of hydrogen-bond acceptors (Lipinski definition) is 2. The molecule has 1 atom stereocenters. The van der Waals surface area contributed by atoms with Crippen molar-refractivity contribution in [3.63, 3.8) is 0 Å². The van der Waals surface area contributed by atoms with Crippen LogP contribution in [0.4, 0.5) is 0 Å². The van der Waals surface area contributed by atoms with Gasteiger partial charge in [0.15, 0.2) is 0 Å². The van der Waals surface area contributed by atoms with E-state index in [0.717, 1.165) is 17.1 Å². The normalized spacial score (nSPS) is 21.6. The van der Waals surface area contributed by atoms with Crippen LogP contribution < -0.4 is 5.32 Å². The second-order valence-corrected chi connectivity index (χ2v) is 6.33. The average Bonchev–Trinajstić information content (AvgIpc) is 3.10. The van der Waals surface area contributed by atoms with Gasteiger partial charge in [-0.25, -0.2) is 0 Å². The number of benzene rings is 1. The van der Waals surface area contributed by atoms with Crippen LogP contribution in [0.3, 0.4) is 0 Å². The molecule has 0 spiro atoms. The first kappa shape index (κ1) is 12.6. The maximum absolute atomic E-state index is 6.22. The molecule has 2 fully saturated rings. The molecule has 0 heterocycles. The molecule has 0 saturated heterocycles. The lowest BCUT2D eigenvalue weighted by Crippen LogP contribution is -2.31. The summed E-state index contributed by atoms with van der Waals surface area (Å²) in [6, 6.07) is 9.25. The maximum Gasteiger partial charge on any atom is 0.0953 e. The van der Waals surface area contributed by atoms with Gasteiger partial charge in [-0.1, -0.05) is 28.1 Å². The minimum Gasteiger partial charge on any atom is -0.369 e. The highest BCUT2D eigenvalue weighted by atomic mass is 79.9. The summed E-state index contributed by atoms with van der Waals surface area (Å²) in [5.74, 6) is 0. The van der Waals surface area contributed by atoms with E-state index < -0.39 is 0 Å². The first-order valence-corrected chi connectivity index (χ1v) is 7.75. The molecule has 0 aliphatic heterocycles. The van der Waals surface area contributed by atoms with Gasteiger partial charge in [-0.2, -0.15) is 0 Å². The van der Waals surface area contributed by atoms with Crippen LogP contribution >= 0.6 is 15.9 Å². The fraction of sp³-hybridized carbons (Fsp3) is 0.600. The third-order valence-corrected chi connectivity index (χ3v) is 4.29. The van der Waals surface area contributed by atoms with Crippen molar-refractivity contribution in [3.8, 4) is 0 Å². The van der Waals surface area contributed by atoms with E-state index in [1.54, 1.807) is 0 Å². The van der Waals surface area contributed by atoms with Crippen molar-refractivity contribution in [2.75, 3.05) is 6.54 Å². The highest BCUT2D eigenvalue weighted by molar-refractivity contribution is 9.10. The molecular formula is C15H20BrNO. The Labute approximate surface area is 117 Å². The molecule has 0 radical (unpaired) electrons. The molecule has 18 heavy (non-hydrogen) atoms.